The Morgan fingerprint density at radius 3 is 2.60 bits per heavy atom. The molecule has 0 unspecified atom stereocenters. The van der Waals surface area contributed by atoms with Crippen LogP contribution in [0.4, 0.5) is 8.78 Å². The fraction of sp³-hybridized carbons (Fsp3) is 0.300. The summed E-state index contributed by atoms with van der Waals surface area (Å²) in [5.41, 5.74) is -0.267. The highest BCUT2D eigenvalue weighted by molar-refractivity contribution is 5.66. The molecule has 0 heterocycles. The first-order valence-electron chi connectivity index (χ1n) is 4.40. The maximum absolute atomic E-state index is 13.1. The Balaban J connectivity index is 2.75. The summed E-state index contributed by atoms with van der Waals surface area (Å²) >= 11 is 0. The van der Waals surface area contributed by atoms with Crippen molar-refractivity contribution in [1.82, 2.24) is 0 Å². The number of phenolic OH excluding ortho intramolecular Hbond substituents is 1. The van der Waals surface area contributed by atoms with Crippen LogP contribution in [0.1, 0.15) is 18.4 Å². The largest absolute Gasteiger partial charge is 0.505 e. The van der Waals surface area contributed by atoms with Gasteiger partial charge in [0.15, 0.2) is 11.6 Å². The van der Waals surface area contributed by atoms with E-state index in [2.05, 4.69) is 0 Å². The lowest BCUT2D eigenvalue weighted by Gasteiger charge is -2.05. The van der Waals surface area contributed by atoms with Crippen molar-refractivity contribution in [3.63, 3.8) is 0 Å². The topological polar surface area (TPSA) is 57.5 Å². The van der Waals surface area contributed by atoms with E-state index in [1.54, 1.807) is 0 Å². The van der Waals surface area contributed by atoms with Gasteiger partial charge in [0, 0.05) is 12.0 Å². The summed E-state index contributed by atoms with van der Waals surface area (Å²) < 4.78 is 26.2. The van der Waals surface area contributed by atoms with Crippen molar-refractivity contribution in [2.45, 2.75) is 19.3 Å². The van der Waals surface area contributed by atoms with Crippen LogP contribution in [0.25, 0.3) is 0 Å². The fourth-order valence-electron chi connectivity index (χ4n) is 1.23. The first kappa shape index (κ1) is 11.4. The molecule has 0 spiro atoms. The number of aliphatic carboxylic acids is 1. The zero-order valence-corrected chi connectivity index (χ0v) is 7.83. The van der Waals surface area contributed by atoms with Crippen LogP contribution in [0.2, 0.25) is 0 Å². The molecule has 0 bridgehead atoms. The number of carbonyl (C=O) groups is 1. The van der Waals surface area contributed by atoms with E-state index in [1.165, 1.54) is 0 Å². The molecule has 0 aliphatic carbocycles. The van der Waals surface area contributed by atoms with Crippen LogP contribution in [0, 0.1) is 11.6 Å². The number of halogens is 2. The third-order valence-corrected chi connectivity index (χ3v) is 1.98. The summed E-state index contributed by atoms with van der Waals surface area (Å²) in [4.78, 5) is 10.2. The molecule has 3 nitrogen and oxygen atoms in total. The van der Waals surface area contributed by atoms with Crippen LogP contribution in [0.3, 0.4) is 0 Å². The van der Waals surface area contributed by atoms with E-state index < -0.39 is 23.4 Å². The number of hydrogen-bond acceptors (Lipinski definition) is 2. The lowest BCUT2D eigenvalue weighted by atomic mass is 10.1. The van der Waals surface area contributed by atoms with Gasteiger partial charge < -0.3 is 10.2 Å². The molecule has 1 aromatic carbocycles. The number of benzene rings is 1. The van der Waals surface area contributed by atoms with Gasteiger partial charge in [-0.1, -0.05) is 0 Å². The number of phenols is 1. The summed E-state index contributed by atoms with van der Waals surface area (Å²) in [6, 6.07) is 1.87. The van der Waals surface area contributed by atoms with Crippen LogP contribution in [0.5, 0.6) is 5.75 Å². The van der Waals surface area contributed by atoms with Crippen LogP contribution < -0.4 is 0 Å². The Morgan fingerprint density at radius 2 is 2.00 bits per heavy atom. The van der Waals surface area contributed by atoms with Crippen molar-refractivity contribution in [1.29, 1.82) is 0 Å². The quantitative estimate of drug-likeness (QED) is 0.810. The zero-order valence-electron chi connectivity index (χ0n) is 7.83. The second kappa shape index (κ2) is 4.72. The van der Waals surface area contributed by atoms with E-state index in [0.717, 1.165) is 12.1 Å². The molecule has 82 valence electrons. The molecule has 0 saturated heterocycles. The molecular weight excluding hydrogens is 206 g/mol. The maximum Gasteiger partial charge on any atom is 0.303 e. The summed E-state index contributed by atoms with van der Waals surface area (Å²) in [5.74, 6) is -3.42. The van der Waals surface area contributed by atoms with Crippen molar-refractivity contribution in [3.8, 4) is 5.75 Å². The minimum absolute atomic E-state index is 0.0433. The molecule has 0 amide bonds. The van der Waals surface area contributed by atoms with E-state index in [0.29, 0.717) is 0 Å². The lowest BCUT2D eigenvalue weighted by molar-refractivity contribution is -0.137. The highest BCUT2D eigenvalue weighted by Crippen LogP contribution is 2.23. The van der Waals surface area contributed by atoms with Crippen molar-refractivity contribution in [3.05, 3.63) is 29.3 Å². The standard InChI is InChI=1S/C10H10F2O3/c11-7-4-5-8(13)10(12)6(7)2-1-3-9(14)15/h4-5,13H,1-3H2,(H,14,15). The van der Waals surface area contributed by atoms with Gasteiger partial charge in [0.05, 0.1) is 0 Å². The summed E-state index contributed by atoms with van der Waals surface area (Å²) in [5, 5.41) is 17.3. The van der Waals surface area contributed by atoms with Crippen LogP contribution in [-0.2, 0) is 11.2 Å². The lowest BCUT2D eigenvalue weighted by Crippen LogP contribution is -2.00. The number of rotatable bonds is 4. The molecular formula is C10H10F2O3. The minimum Gasteiger partial charge on any atom is -0.505 e. The molecule has 0 aliphatic rings. The first-order chi connectivity index (χ1) is 7.02. The molecule has 2 N–H and O–H groups in total. The Hall–Kier alpha value is -1.65. The smallest absolute Gasteiger partial charge is 0.303 e. The predicted octanol–water partition coefficient (Wildman–Crippen LogP) is 2.08. The van der Waals surface area contributed by atoms with Gasteiger partial charge in [-0.05, 0) is 25.0 Å². The minimum atomic E-state index is -1.02. The van der Waals surface area contributed by atoms with E-state index in [4.69, 9.17) is 10.2 Å². The average Bonchev–Trinajstić information content (AvgIpc) is 2.17. The van der Waals surface area contributed by atoms with Gasteiger partial charge in [-0.25, -0.2) is 8.78 Å². The number of carboxylic acids is 1. The van der Waals surface area contributed by atoms with Gasteiger partial charge in [-0.15, -0.1) is 0 Å². The molecule has 0 saturated carbocycles. The van der Waals surface area contributed by atoms with Crippen molar-refractivity contribution in [2.75, 3.05) is 0 Å². The van der Waals surface area contributed by atoms with Gasteiger partial charge in [-0.2, -0.15) is 0 Å². The van der Waals surface area contributed by atoms with E-state index >= 15 is 0 Å². The SMILES string of the molecule is O=C(O)CCCc1c(F)ccc(O)c1F. The normalized spacial score (nSPS) is 10.3. The Morgan fingerprint density at radius 1 is 1.33 bits per heavy atom. The van der Waals surface area contributed by atoms with Gasteiger partial charge in [0.2, 0.25) is 0 Å². The Bertz CT molecular complexity index is 377. The molecule has 0 radical (unpaired) electrons. The molecule has 1 rings (SSSR count). The number of hydrogen-bond donors (Lipinski definition) is 2. The monoisotopic (exact) mass is 216 g/mol. The first-order valence-corrected chi connectivity index (χ1v) is 4.40. The second-order valence-corrected chi connectivity index (χ2v) is 3.11. The van der Waals surface area contributed by atoms with Gasteiger partial charge in [0.1, 0.15) is 5.82 Å². The Labute approximate surface area is 85.0 Å². The molecule has 15 heavy (non-hydrogen) atoms. The third-order valence-electron chi connectivity index (χ3n) is 1.98. The van der Waals surface area contributed by atoms with Crippen LogP contribution in [-0.4, -0.2) is 16.2 Å². The maximum atomic E-state index is 13.1. The van der Waals surface area contributed by atoms with E-state index in [1.807, 2.05) is 0 Å². The highest BCUT2D eigenvalue weighted by Gasteiger charge is 2.13. The zero-order chi connectivity index (χ0) is 11.4. The van der Waals surface area contributed by atoms with Gasteiger partial charge in [0.25, 0.3) is 0 Å². The fourth-order valence-corrected chi connectivity index (χ4v) is 1.23. The highest BCUT2D eigenvalue weighted by atomic mass is 19.1. The van der Waals surface area contributed by atoms with E-state index in [9.17, 15) is 13.6 Å². The van der Waals surface area contributed by atoms with Crippen molar-refractivity contribution >= 4 is 5.97 Å². The predicted molar refractivity (Wildman–Crippen MR) is 48.6 cm³/mol. The second-order valence-electron chi connectivity index (χ2n) is 3.11. The number of carboxylic acid groups (broad SMARTS) is 1. The van der Waals surface area contributed by atoms with Crippen LogP contribution in [0.15, 0.2) is 12.1 Å². The van der Waals surface area contributed by atoms with E-state index in [-0.39, 0.29) is 24.8 Å². The summed E-state index contributed by atoms with van der Waals surface area (Å²) in [7, 11) is 0. The molecule has 0 aromatic heterocycles. The summed E-state index contributed by atoms with van der Waals surface area (Å²) in [6.07, 6.45) is -0.0699. The molecule has 0 aliphatic heterocycles. The summed E-state index contributed by atoms with van der Waals surface area (Å²) in [6.45, 7) is 0. The van der Waals surface area contributed by atoms with Gasteiger partial charge in [-0.3, -0.25) is 4.79 Å². The Kier molecular flexibility index (Phi) is 3.60. The molecule has 0 fully saturated rings. The third kappa shape index (κ3) is 2.90. The average molecular weight is 216 g/mol. The van der Waals surface area contributed by atoms with Crippen molar-refractivity contribution in [2.24, 2.45) is 0 Å². The van der Waals surface area contributed by atoms with Crippen LogP contribution >= 0.6 is 0 Å². The molecule has 1 aromatic rings. The van der Waals surface area contributed by atoms with Crippen molar-refractivity contribution < 1.29 is 23.8 Å². The molecule has 5 heteroatoms. The number of aromatic hydroxyl groups is 1. The van der Waals surface area contributed by atoms with Gasteiger partial charge >= 0.3 is 5.97 Å². The molecule has 0 atom stereocenters.